The van der Waals surface area contributed by atoms with Gasteiger partial charge in [-0.3, -0.25) is 10.2 Å². The first-order valence-corrected chi connectivity index (χ1v) is 6.11. The molecule has 0 aliphatic carbocycles. The van der Waals surface area contributed by atoms with Crippen LogP contribution in [-0.4, -0.2) is 10.2 Å². The summed E-state index contributed by atoms with van der Waals surface area (Å²) in [6.45, 7) is 0. The molecule has 0 radical (unpaired) electrons. The molecular weight excluding hydrogens is 240 g/mol. The van der Waals surface area contributed by atoms with Gasteiger partial charge in [-0.15, -0.1) is 11.3 Å². The Morgan fingerprint density at radius 1 is 0.875 bits per heavy atom. The first-order valence-electron chi connectivity index (χ1n) is 4.91. The van der Waals surface area contributed by atoms with Gasteiger partial charge in [-0.2, -0.15) is 0 Å². The van der Waals surface area contributed by atoms with Gasteiger partial charge in [0.05, 0.1) is 20.4 Å². The molecule has 0 bridgehead atoms. The number of aromatic amines is 2. The van der Waals surface area contributed by atoms with Gasteiger partial charge in [0.15, 0.2) is 0 Å². The van der Waals surface area contributed by atoms with Crippen molar-refractivity contribution in [1.82, 2.24) is 10.2 Å². The topological polar surface area (TPSA) is 31.6 Å². The zero-order chi connectivity index (χ0) is 11.0. The molecule has 0 saturated carbocycles. The van der Waals surface area contributed by atoms with E-state index in [0.717, 1.165) is 20.8 Å². The molecule has 3 rings (SSSR count). The summed E-state index contributed by atoms with van der Waals surface area (Å²) in [7, 11) is 0. The number of para-hydroxylation sites is 1. The molecule has 2 N–H and O–H groups in total. The molecule has 0 saturated heterocycles. The van der Waals surface area contributed by atoms with Crippen LogP contribution in [0.15, 0.2) is 42.5 Å². The largest absolute Gasteiger partial charge is 0.299 e. The summed E-state index contributed by atoms with van der Waals surface area (Å²) in [5, 5.41) is 7.12. The van der Waals surface area contributed by atoms with Crippen LogP contribution in [0.4, 0.5) is 0 Å². The highest BCUT2D eigenvalue weighted by Crippen LogP contribution is 2.24. The normalized spacial score (nSPS) is 10.8. The maximum absolute atomic E-state index is 6.00. The van der Waals surface area contributed by atoms with Gasteiger partial charge in [0, 0.05) is 5.02 Å². The number of halogens is 1. The molecule has 0 aliphatic rings. The van der Waals surface area contributed by atoms with Gasteiger partial charge in [0.1, 0.15) is 0 Å². The lowest BCUT2D eigenvalue weighted by Crippen LogP contribution is -1.75. The summed E-state index contributed by atoms with van der Waals surface area (Å²) >= 11 is 7.70. The van der Waals surface area contributed by atoms with Crippen LogP contribution in [-0.2, 0) is 0 Å². The summed E-state index contributed by atoms with van der Waals surface area (Å²) < 4.78 is 2.32. The Morgan fingerprint density at radius 3 is 2.50 bits per heavy atom. The lowest BCUT2D eigenvalue weighted by Gasteiger charge is -1.91. The minimum absolute atomic E-state index is 0.757. The second-order valence-corrected chi connectivity index (χ2v) is 5.01. The smallest absolute Gasteiger partial charge is 0.0713 e. The number of fused-ring (bicyclic) bond motifs is 2. The summed E-state index contributed by atoms with van der Waals surface area (Å²) in [6.07, 6.45) is 0. The van der Waals surface area contributed by atoms with Crippen molar-refractivity contribution in [3.8, 4) is 0 Å². The molecule has 2 nitrogen and oxygen atoms in total. The third kappa shape index (κ3) is 1.68. The van der Waals surface area contributed by atoms with Crippen molar-refractivity contribution >= 4 is 43.4 Å². The minimum Gasteiger partial charge on any atom is -0.299 e. The van der Waals surface area contributed by atoms with E-state index in [1.807, 2.05) is 36.4 Å². The third-order valence-electron chi connectivity index (χ3n) is 2.38. The highest BCUT2D eigenvalue weighted by Gasteiger charge is 1.96. The molecule has 0 unspecified atom stereocenters. The van der Waals surface area contributed by atoms with Crippen LogP contribution in [0.3, 0.4) is 0 Å². The van der Waals surface area contributed by atoms with E-state index in [1.165, 1.54) is 4.70 Å². The molecule has 1 aromatic heterocycles. The van der Waals surface area contributed by atoms with Gasteiger partial charge in [-0.1, -0.05) is 23.7 Å². The number of hydrogen-bond donors (Lipinski definition) is 2. The fourth-order valence-corrected chi connectivity index (χ4v) is 2.86. The van der Waals surface area contributed by atoms with Crippen molar-refractivity contribution in [1.29, 1.82) is 0 Å². The van der Waals surface area contributed by atoms with E-state index in [0.29, 0.717) is 0 Å². The molecule has 0 amide bonds. The predicted molar refractivity (Wildman–Crippen MR) is 70.7 cm³/mol. The average molecular weight is 249 g/mol. The number of H-pyrrole nitrogens is 2. The summed E-state index contributed by atoms with van der Waals surface area (Å²) in [6, 6.07) is 14.0. The Bertz CT molecular complexity index is 691. The van der Waals surface area contributed by atoms with E-state index in [1.54, 1.807) is 11.3 Å². The molecule has 3 aromatic rings. The number of benzene rings is 2. The predicted octanol–water partition coefficient (Wildman–Crippen LogP) is 4.49. The highest BCUT2D eigenvalue weighted by atomic mass is 35.5. The van der Waals surface area contributed by atoms with E-state index in [9.17, 15) is 0 Å². The Kier molecular flexibility index (Phi) is 2.35. The van der Waals surface area contributed by atoms with Crippen molar-refractivity contribution in [2.45, 2.75) is 0 Å². The maximum atomic E-state index is 6.00. The Hall–Kier alpha value is -1.45. The zero-order valence-corrected chi connectivity index (χ0v) is 9.90. The lowest BCUT2D eigenvalue weighted by atomic mass is 10.3. The van der Waals surface area contributed by atoms with E-state index in [4.69, 9.17) is 11.6 Å². The molecule has 0 fully saturated rings. The van der Waals surface area contributed by atoms with Crippen molar-refractivity contribution in [3.05, 3.63) is 47.5 Å². The second-order valence-electron chi connectivity index (χ2n) is 3.49. The molecule has 0 aliphatic heterocycles. The SMILES string of the molecule is Clc1ccc2[nH][nH]c3ccccc3sc2c1. The van der Waals surface area contributed by atoms with E-state index >= 15 is 0 Å². The van der Waals surface area contributed by atoms with Crippen LogP contribution in [0.25, 0.3) is 20.4 Å². The Morgan fingerprint density at radius 2 is 1.62 bits per heavy atom. The van der Waals surface area contributed by atoms with Crippen LogP contribution in [0, 0.1) is 0 Å². The van der Waals surface area contributed by atoms with E-state index < -0.39 is 0 Å². The van der Waals surface area contributed by atoms with Crippen LogP contribution in [0.1, 0.15) is 0 Å². The zero-order valence-electron chi connectivity index (χ0n) is 8.33. The molecule has 80 valence electrons. The fraction of sp³-hybridized carbons (Fsp3) is 0. The minimum atomic E-state index is 0.757. The van der Waals surface area contributed by atoms with Gasteiger partial charge in [0.2, 0.25) is 0 Å². The molecule has 2 aromatic carbocycles. The second kappa shape index (κ2) is 3.85. The van der Waals surface area contributed by atoms with Crippen LogP contribution in [0.5, 0.6) is 0 Å². The number of rotatable bonds is 0. The monoisotopic (exact) mass is 248 g/mol. The first kappa shape index (κ1) is 9.75. The van der Waals surface area contributed by atoms with Gasteiger partial charge in [0.25, 0.3) is 0 Å². The van der Waals surface area contributed by atoms with Gasteiger partial charge >= 0.3 is 0 Å². The number of nitrogens with one attached hydrogen (secondary N) is 2. The van der Waals surface area contributed by atoms with Crippen molar-refractivity contribution in [2.75, 3.05) is 0 Å². The van der Waals surface area contributed by atoms with Crippen LogP contribution >= 0.6 is 22.9 Å². The first-order chi connectivity index (χ1) is 7.83. The molecular formula is C12H9ClN2S. The standard InChI is InChI=1S/C12H9ClN2S/c13-8-5-6-10-12(7-8)16-11-4-2-1-3-9(11)14-15-10/h1-7,14-15H. The Labute approximate surface area is 101 Å². The van der Waals surface area contributed by atoms with E-state index in [2.05, 4.69) is 16.3 Å². The molecule has 0 spiro atoms. The molecule has 16 heavy (non-hydrogen) atoms. The molecule has 1 heterocycles. The molecule has 4 heteroatoms. The summed E-state index contributed by atoms with van der Waals surface area (Å²) in [5.74, 6) is 0. The van der Waals surface area contributed by atoms with Crippen molar-refractivity contribution < 1.29 is 0 Å². The average Bonchev–Trinajstić information content (AvgIpc) is 2.47. The summed E-state index contributed by atoms with van der Waals surface area (Å²) in [5.41, 5.74) is 2.13. The van der Waals surface area contributed by atoms with E-state index in [-0.39, 0.29) is 0 Å². The molecule has 0 atom stereocenters. The van der Waals surface area contributed by atoms with Crippen molar-refractivity contribution in [3.63, 3.8) is 0 Å². The van der Waals surface area contributed by atoms with Crippen LogP contribution in [0.2, 0.25) is 5.02 Å². The number of hydrogen-bond acceptors (Lipinski definition) is 1. The lowest BCUT2D eigenvalue weighted by molar-refractivity contribution is 1.13. The quantitative estimate of drug-likeness (QED) is 0.588. The number of aromatic nitrogens is 2. The van der Waals surface area contributed by atoms with Gasteiger partial charge in [-0.25, -0.2) is 0 Å². The van der Waals surface area contributed by atoms with Crippen LogP contribution < -0.4 is 0 Å². The third-order valence-corrected chi connectivity index (χ3v) is 3.75. The Balaban J connectivity index is 2.51. The summed E-state index contributed by atoms with van der Waals surface area (Å²) in [4.78, 5) is 0. The van der Waals surface area contributed by atoms with Crippen molar-refractivity contribution in [2.24, 2.45) is 0 Å². The van der Waals surface area contributed by atoms with Gasteiger partial charge in [-0.05, 0) is 30.3 Å². The highest BCUT2D eigenvalue weighted by molar-refractivity contribution is 7.24. The fourth-order valence-electron chi connectivity index (χ4n) is 1.60. The van der Waals surface area contributed by atoms with Gasteiger partial charge < -0.3 is 0 Å². The maximum Gasteiger partial charge on any atom is 0.0713 e.